The van der Waals surface area contributed by atoms with Gasteiger partial charge in [-0.1, -0.05) is 12.2 Å². The Labute approximate surface area is 211 Å². The first-order valence-corrected chi connectivity index (χ1v) is 12.4. The Hall–Kier alpha value is -3.17. The molecule has 1 spiro atoms. The molecule has 3 saturated heterocycles. The zero-order valence-electron chi connectivity index (χ0n) is 21.0. The Bertz CT molecular complexity index is 1030. The van der Waals surface area contributed by atoms with Crippen molar-refractivity contribution in [3.8, 4) is 5.75 Å². The lowest BCUT2D eigenvalue weighted by Gasteiger charge is -2.37. The smallest absolute Gasteiger partial charge is 0.253 e. The van der Waals surface area contributed by atoms with Crippen LogP contribution in [-0.4, -0.2) is 90.8 Å². The second-order valence-electron chi connectivity index (χ2n) is 9.61. The molecule has 3 heterocycles. The molecule has 3 aliphatic heterocycles. The van der Waals surface area contributed by atoms with Crippen molar-refractivity contribution >= 4 is 23.4 Å². The van der Waals surface area contributed by atoms with Crippen LogP contribution < -0.4 is 9.64 Å². The predicted octanol–water partition coefficient (Wildman–Crippen LogP) is 1.62. The predicted molar refractivity (Wildman–Crippen MR) is 134 cm³/mol. The number of aliphatic hydroxyl groups excluding tert-OH is 1. The maximum absolute atomic E-state index is 14.2. The van der Waals surface area contributed by atoms with Gasteiger partial charge in [0.1, 0.15) is 17.4 Å². The number of ether oxygens (including phenoxy) is 2. The first-order chi connectivity index (χ1) is 17.3. The topological polar surface area (TPSA) is 99.6 Å². The summed E-state index contributed by atoms with van der Waals surface area (Å²) >= 11 is 0. The number of fused-ring (bicyclic) bond motifs is 1. The first-order valence-electron chi connectivity index (χ1n) is 12.4. The van der Waals surface area contributed by atoms with E-state index in [1.54, 1.807) is 60.4 Å². The van der Waals surface area contributed by atoms with E-state index >= 15 is 0 Å². The fourth-order valence-electron chi connectivity index (χ4n) is 6.10. The van der Waals surface area contributed by atoms with E-state index in [0.717, 1.165) is 0 Å². The fraction of sp³-hybridized carbons (Fsp3) is 0.519. The number of hydrogen-bond acceptors (Lipinski definition) is 6. The average Bonchev–Trinajstić information content (AvgIpc) is 3.52. The summed E-state index contributed by atoms with van der Waals surface area (Å²) in [6.07, 6.45) is 4.29. The molecule has 36 heavy (non-hydrogen) atoms. The molecule has 194 valence electrons. The molecule has 1 aromatic carbocycles. The molecule has 9 nitrogen and oxygen atoms in total. The standard InChI is InChI=1S/C27H35N3O6/c1-5-14-28(3)24(32)21-20-12-13-27(36-20)22(21)25(33)30(16-7-17-31)23(27)26(34)29(15-6-2)18-8-10-19(35-4)11-9-18/h5-6,8-11,20-23,31H,1-2,7,12-17H2,3-4H3/t20-,21+,22-,23?,27?/m0/s1. The largest absolute Gasteiger partial charge is 0.497 e. The summed E-state index contributed by atoms with van der Waals surface area (Å²) < 4.78 is 11.7. The van der Waals surface area contributed by atoms with Crippen LogP contribution in [0.15, 0.2) is 49.6 Å². The Kier molecular flexibility index (Phi) is 7.51. The van der Waals surface area contributed by atoms with Crippen LogP contribution in [-0.2, 0) is 19.1 Å². The number of carbonyl (C=O) groups excluding carboxylic acids is 3. The number of rotatable bonds is 11. The number of anilines is 1. The molecular formula is C27H35N3O6. The first kappa shape index (κ1) is 25.9. The van der Waals surface area contributed by atoms with Gasteiger partial charge in [-0.15, -0.1) is 13.2 Å². The third-order valence-electron chi connectivity index (χ3n) is 7.62. The molecule has 5 atom stereocenters. The number of hydrogen-bond donors (Lipinski definition) is 1. The number of amides is 3. The summed E-state index contributed by atoms with van der Waals surface area (Å²) in [7, 11) is 3.26. The number of methoxy groups -OCH3 is 1. The summed E-state index contributed by atoms with van der Waals surface area (Å²) in [6, 6.07) is 6.20. The average molecular weight is 498 g/mol. The summed E-state index contributed by atoms with van der Waals surface area (Å²) in [5.74, 6) is -1.46. The van der Waals surface area contributed by atoms with Gasteiger partial charge in [0.25, 0.3) is 5.91 Å². The van der Waals surface area contributed by atoms with E-state index in [1.165, 1.54) is 4.90 Å². The molecule has 3 amide bonds. The molecule has 3 aliphatic rings. The Morgan fingerprint density at radius 1 is 1.22 bits per heavy atom. The molecule has 2 unspecified atom stereocenters. The van der Waals surface area contributed by atoms with Crippen LogP contribution in [0.3, 0.4) is 0 Å². The van der Waals surface area contributed by atoms with E-state index in [-0.39, 0.29) is 37.4 Å². The van der Waals surface area contributed by atoms with E-state index in [2.05, 4.69) is 13.2 Å². The molecule has 0 aromatic heterocycles. The Balaban J connectivity index is 1.74. The number of carbonyl (C=O) groups is 3. The molecule has 4 rings (SSSR count). The van der Waals surface area contributed by atoms with Crippen LogP contribution in [0, 0.1) is 11.8 Å². The van der Waals surface area contributed by atoms with E-state index in [0.29, 0.717) is 37.2 Å². The lowest BCUT2D eigenvalue weighted by Crippen LogP contribution is -2.56. The quantitative estimate of drug-likeness (QED) is 0.467. The number of likely N-dealkylation sites (N-methyl/N-ethyl adjacent to an activating group) is 1. The fourth-order valence-corrected chi connectivity index (χ4v) is 6.10. The van der Waals surface area contributed by atoms with Crippen molar-refractivity contribution in [3.05, 3.63) is 49.6 Å². The third kappa shape index (κ3) is 4.10. The van der Waals surface area contributed by atoms with E-state index in [9.17, 15) is 19.5 Å². The number of likely N-dealkylation sites (tertiary alicyclic amines) is 1. The highest BCUT2D eigenvalue weighted by Gasteiger charge is 2.74. The van der Waals surface area contributed by atoms with Crippen molar-refractivity contribution < 1.29 is 29.0 Å². The van der Waals surface area contributed by atoms with Gasteiger partial charge in [0.15, 0.2) is 0 Å². The Morgan fingerprint density at radius 3 is 2.53 bits per heavy atom. The molecule has 1 N–H and O–H groups in total. The van der Waals surface area contributed by atoms with Crippen LogP contribution >= 0.6 is 0 Å². The zero-order chi connectivity index (χ0) is 26.0. The van der Waals surface area contributed by atoms with Crippen LogP contribution in [0.1, 0.15) is 19.3 Å². The highest BCUT2D eigenvalue weighted by molar-refractivity contribution is 6.05. The highest BCUT2D eigenvalue weighted by atomic mass is 16.5. The van der Waals surface area contributed by atoms with Gasteiger partial charge in [-0.2, -0.15) is 0 Å². The van der Waals surface area contributed by atoms with Gasteiger partial charge < -0.3 is 29.3 Å². The van der Waals surface area contributed by atoms with Crippen molar-refractivity contribution in [3.63, 3.8) is 0 Å². The minimum absolute atomic E-state index is 0.120. The Morgan fingerprint density at radius 2 is 1.92 bits per heavy atom. The molecule has 0 saturated carbocycles. The van der Waals surface area contributed by atoms with Crippen molar-refractivity contribution in [1.29, 1.82) is 0 Å². The molecular weight excluding hydrogens is 462 g/mol. The van der Waals surface area contributed by atoms with Crippen LogP contribution in [0.4, 0.5) is 5.69 Å². The number of aliphatic hydroxyl groups is 1. The summed E-state index contributed by atoms with van der Waals surface area (Å²) in [6.45, 7) is 8.19. The normalized spacial score (nSPS) is 28.1. The number of nitrogens with zero attached hydrogens (tertiary/aromatic N) is 3. The van der Waals surface area contributed by atoms with Gasteiger partial charge in [0.05, 0.1) is 25.0 Å². The van der Waals surface area contributed by atoms with Gasteiger partial charge >= 0.3 is 0 Å². The maximum Gasteiger partial charge on any atom is 0.253 e. The lowest BCUT2D eigenvalue weighted by molar-refractivity contribution is -0.144. The van der Waals surface area contributed by atoms with Crippen LogP contribution in [0.2, 0.25) is 0 Å². The van der Waals surface area contributed by atoms with E-state index in [4.69, 9.17) is 9.47 Å². The SMILES string of the molecule is C=CCN(C)C(=O)[C@@H]1[C@@H]2CCC3(O2)C(C(=O)N(CC=C)c2ccc(OC)cc2)N(CCCO)C(=O)[C@H]13. The molecule has 9 heteroatoms. The van der Waals surface area contributed by atoms with Gasteiger partial charge in [0, 0.05) is 39.0 Å². The van der Waals surface area contributed by atoms with Crippen molar-refractivity contribution in [2.24, 2.45) is 11.8 Å². The highest BCUT2D eigenvalue weighted by Crippen LogP contribution is 2.59. The van der Waals surface area contributed by atoms with E-state index in [1.807, 2.05) is 0 Å². The van der Waals surface area contributed by atoms with Gasteiger partial charge in [0.2, 0.25) is 11.8 Å². The number of benzene rings is 1. The van der Waals surface area contributed by atoms with Crippen LogP contribution in [0.5, 0.6) is 5.75 Å². The second kappa shape index (κ2) is 10.4. The van der Waals surface area contributed by atoms with Gasteiger partial charge in [-0.25, -0.2) is 0 Å². The molecule has 0 aliphatic carbocycles. The lowest BCUT2D eigenvalue weighted by atomic mass is 9.70. The summed E-state index contributed by atoms with van der Waals surface area (Å²) in [5.41, 5.74) is -0.448. The molecule has 3 fully saturated rings. The van der Waals surface area contributed by atoms with Crippen molar-refractivity contribution in [2.45, 2.75) is 37.0 Å². The summed E-state index contributed by atoms with van der Waals surface area (Å²) in [5, 5.41) is 9.50. The second-order valence-corrected chi connectivity index (χ2v) is 9.61. The van der Waals surface area contributed by atoms with Crippen molar-refractivity contribution in [2.75, 3.05) is 45.3 Å². The van der Waals surface area contributed by atoms with Crippen molar-refractivity contribution in [1.82, 2.24) is 9.80 Å². The van der Waals surface area contributed by atoms with Gasteiger partial charge in [-0.05, 0) is 43.5 Å². The molecule has 0 radical (unpaired) electrons. The van der Waals surface area contributed by atoms with Crippen LogP contribution in [0.25, 0.3) is 0 Å². The minimum atomic E-state index is -1.09. The monoisotopic (exact) mass is 497 g/mol. The molecule has 1 aromatic rings. The van der Waals surface area contributed by atoms with Gasteiger partial charge in [-0.3, -0.25) is 14.4 Å². The zero-order valence-corrected chi connectivity index (χ0v) is 21.0. The molecule has 2 bridgehead atoms. The maximum atomic E-state index is 14.2. The minimum Gasteiger partial charge on any atom is -0.497 e. The summed E-state index contributed by atoms with van der Waals surface area (Å²) in [4.78, 5) is 46.2. The van der Waals surface area contributed by atoms with E-state index < -0.39 is 29.6 Å². The third-order valence-corrected chi connectivity index (χ3v) is 7.62.